The van der Waals surface area contributed by atoms with Crippen LogP contribution in [0.3, 0.4) is 0 Å². The summed E-state index contributed by atoms with van der Waals surface area (Å²) in [6.45, 7) is 2.34. The maximum Gasteiger partial charge on any atom is 0.255 e. The van der Waals surface area contributed by atoms with E-state index in [1.54, 1.807) is 21.9 Å². The van der Waals surface area contributed by atoms with Crippen LogP contribution in [0.25, 0.3) is 10.9 Å². The van der Waals surface area contributed by atoms with E-state index in [9.17, 15) is 14.4 Å². The number of benzene rings is 2. The van der Waals surface area contributed by atoms with Crippen LogP contribution in [0.5, 0.6) is 11.6 Å². The first kappa shape index (κ1) is 28.3. The van der Waals surface area contributed by atoms with E-state index in [0.717, 1.165) is 22.0 Å². The molecule has 4 heterocycles. The lowest BCUT2D eigenvalue weighted by Crippen LogP contribution is -2.42. The quantitative estimate of drug-likeness (QED) is 0.382. The number of amides is 3. The highest BCUT2D eigenvalue weighted by Crippen LogP contribution is 2.35. The standard InChI is InChI=1S/C33H35N5O5/c1-42-30-11-10-23(18-36-30)33(41)38-20-27-22-6-4-7-25(16-22)43-15-5-13-37(14-12-34-32(40)28(27)21-38)31(39)17-24-19-35-29-9-3-2-8-26(24)29/h2-4,6-11,16,18-19,27-28,35H,5,12-15,17,20-21H2,1H3,(H,34,40)/t27-,28+/m1/s1. The molecule has 1 saturated heterocycles. The third-order valence-electron chi connectivity index (χ3n) is 8.31. The zero-order valence-electron chi connectivity index (χ0n) is 24.1. The van der Waals surface area contributed by atoms with Crippen molar-refractivity contribution in [3.05, 3.63) is 89.7 Å². The summed E-state index contributed by atoms with van der Waals surface area (Å²) in [5.41, 5.74) is 3.33. The van der Waals surface area contributed by atoms with E-state index >= 15 is 0 Å². The van der Waals surface area contributed by atoms with Crippen LogP contribution in [0.1, 0.15) is 33.8 Å². The summed E-state index contributed by atoms with van der Waals surface area (Å²) in [5.74, 6) is 0.142. The summed E-state index contributed by atoms with van der Waals surface area (Å²) in [7, 11) is 1.52. The Hall–Kier alpha value is -4.86. The molecule has 1 fully saturated rings. The molecule has 2 atom stereocenters. The summed E-state index contributed by atoms with van der Waals surface area (Å²) in [6, 6.07) is 19.0. The molecule has 2 aliphatic rings. The minimum atomic E-state index is -0.455. The molecule has 2 aromatic heterocycles. The van der Waals surface area contributed by atoms with Crippen molar-refractivity contribution < 1.29 is 23.9 Å². The van der Waals surface area contributed by atoms with E-state index in [2.05, 4.69) is 15.3 Å². The molecule has 4 aromatic rings. The van der Waals surface area contributed by atoms with Crippen LogP contribution in [0.15, 0.2) is 73.1 Å². The number of aromatic amines is 1. The molecular weight excluding hydrogens is 546 g/mol. The first-order valence-electron chi connectivity index (χ1n) is 14.6. The molecule has 0 radical (unpaired) electrons. The number of methoxy groups -OCH3 is 1. The number of rotatable bonds is 4. The second-order valence-electron chi connectivity index (χ2n) is 11.0. The fourth-order valence-electron chi connectivity index (χ4n) is 6.02. The van der Waals surface area contributed by atoms with Crippen molar-refractivity contribution in [2.45, 2.75) is 18.8 Å². The highest BCUT2D eigenvalue weighted by Gasteiger charge is 2.41. The van der Waals surface area contributed by atoms with Gasteiger partial charge in [0.25, 0.3) is 5.91 Å². The van der Waals surface area contributed by atoms with Crippen LogP contribution in [-0.4, -0.2) is 83.9 Å². The number of nitrogens with one attached hydrogen (secondary N) is 2. The van der Waals surface area contributed by atoms with Crippen molar-refractivity contribution >= 4 is 28.6 Å². The number of aromatic nitrogens is 2. The minimum Gasteiger partial charge on any atom is -0.494 e. The lowest BCUT2D eigenvalue weighted by atomic mass is 9.88. The zero-order valence-corrected chi connectivity index (χ0v) is 24.1. The minimum absolute atomic E-state index is 0.00305. The topological polar surface area (TPSA) is 117 Å². The number of carbonyl (C=O) groups is 3. The van der Waals surface area contributed by atoms with E-state index in [1.165, 1.54) is 13.3 Å². The number of fused-ring (bicyclic) bond motifs is 5. The van der Waals surface area contributed by atoms with Crippen LogP contribution in [0.4, 0.5) is 0 Å². The molecule has 3 amide bonds. The Morgan fingerprint density at radius 3 is 2.72 bits per heavy atom. The van der Waals surface area contributed by atoms with Gasteiger partial charge < -0.3 is 29.6 Å². The van der Waals surface area contributed by atoms with Gasteiger partial charge in [0, 0.05) is 68.0 Å². The second-order valence-corrected chi connectivity index (χ2v) is 11.0. The lowest BCUT2D eigenvalue weighted by Gasteiger charge is -2.25. The van der Waals surface area contributed by atoms with Crippen LogP contribution < -0.4 is 14.8 Å². The molecule has 2 aliphatic heterocycles. The van der Waals surface area contributed by atoms with Gasteiger partial charge in [-0.15, -0.1) is 0 Å². The molecule has 0 aliphatic carbocycles. The maximum atomic E-state index is 13.6. The summed E-state index contributed by atoms with van der Waals surface area (Å²) in [6.07, 6.45) is 4.31. The molecule has 0 spiro atoms. The Kier molecular flexibility index (Phi) is 8.26. The number of pyridine rings is 1. The smallest absolute Gasteiger partial charge is 0.255 e. The number of para-hydroxylation sites is 1. The molecule has 2 N–H and O–H groups in total. The fraction of sp³-hybridized carbons (Fsp3) is 0.333. The van der Waals surface area contributed by atoms with Gasteiger partial charge in [-0.05, 0) is 41.8 Å². The first-order chi connectivity index (χ1) is 21.0. The average Bonchev–Trinajstić information content (AvgIpc) is 3.67. The third-order valence-corrected chi connectivity index (χ3v) is 8.31. The Morgan fingerprint density at radius 1 is 1.02 bits per heavy atom. The number of likely N-dealkylation sites (tertiary alicyclic amines) is 1. The summed E-state index contributed by atoms with van der Waals surface area (Å²) < 4.78 is 11.2. The van der Waals surface area contributed by atoms with Crippen molar-refractivity contribution in [2.24, 2.45) is 5.92 Å². The molecule has 6 rings (SSSR count). The van der Waals surface area contributed by atoms with Crippen LogP contribution in [0.2, 0.25) is 0 Å². The fourth-order valence-corrected chi connectivity index (χ4v) is 6.02. The van der Waals surface area contributed by atoms with Crippen LogP contribution in [-0.2, 0) is 16.0 Å². The molecule has 2 aromatic carbocycles. The van der Waals surface area contributed by atoms with Crippen LogP contribution >= 0.6 is 0 Å². The van der Waals surface area contributed by atoms with Gasteiger partial charge in [-0.1, -0.05) is 30.3 Å². The maximum absolute atomic E-state index is 13.6. The van der Waals surface area contributed by atoms with E-state index in [1.807, 2.05) is 54.7 Å². The predicted octanol–water partition coefficient (Wildman–Crippen LogP) is 3.40. The predicted molar refractivity (Wildman–Crippen MR) is 161 cm³/mol. The van der Waals surface area contributed by atoms with Gasteiger partial charge in [0.1, 0.15) is 5.75 Å². The number of hydrogen-bond acceptors (Lipinski definition) is 6. The number of nitrogens with zero attached hydrogens (tertiary/aromatic N) is 3. The number of H-pyrrole nitrogens is 1. The van der Waals surface area contributed by atoms with E-state index in [-0.39, 0.29) is 36.6 Å². The van der Waals surface area contributed by atoms with Gasteiger partial charge in [0.05, 0.1) is 31.6 Å². The second kappa shape index (κ2) is 12.6. The van der Waals surface area contributed by atoms with Gasteiger partial charge in [0.2, 0.25) is 17.7 Å². The molecule has 10 heteroatoms. The van der Waals surface area contributed by atoms with Gasteiger partial charge in [0.15, 0.2) is 0 Å². The first-order valence-corrected chi connectivity index (χ1v) is 14.6. The molecule has 2 bridgehead atoms. The largest absolute Gasteiger partial charge is 0.494 e. The molecule has 0 unspecified atom stereocenters. The van der Waals surface area contributed by atoms with E-state index in [4.69, 9.17) is 9.47 Å². The van der Waals surface area contributed by atoms with Crippen molar-refractivity contribution in [1.29, 1.82) is 0 Å². The summed E-state index contributed by atoms with van der Waals surface area (Å²) >= 11 is 0. The van der Waals surface area contributed by atoms with Crippen molar-refractivity contribution in [3.8, 4) is 11.6 Å². The average molecular weight is 582 g/mol. The summed E-state index contributed by atoms with van der Waals surface area (Å²) in [4.78, 5) is 51.4. The highest BCUT2D eigenvalue weighted by molar-refractivity contribution is 5.95. The third kappa shape index (κ3) is 6.18. The molecule has 43 heavy (non-hydrogen) atoms. The van der Waals surface area contributed by atoms with Gasteiger partial charge >= 0.3 is 0 Å². The molecule has 10 nitrogen and oxygen atoms in total. The lowest BCUT2D eigenvalue weighted by molar-refractivity contribution is -0.131. The monoisotopic (exact) mass is 581 g/mol. The number of hydrogen-bond donors (Lipinski definition) is 2. The Balaban J connectivity index is 1.19. The number of carbonyl (C=O) groups excluding carboxylic acids is 3. The normalized spacial score (nSPS) is 19.2. The highest BCUT2D eigenvalue weighted by atomic mass is 16.5. The Labute approximate surface area is 250 Å². The van der Waals surface area contributed by atoms with Gasteiger partial charge in [-0.3, -0.25) is 14.4 Å². The Morgan fingerprint density at radius 2 is 1.88 bits per heavy atom. The zero-order chi connectivity index (χ0) is 29.8. The van der Waals surface area contributed by atoms with Crippen LogP contribution in [0, 0.1) is 5.92 Å². The van der Waals surface area contributed by atoms with Gasteiger partial charge in [-0.25, -0.2) is 4.98 Å². The Bertz CT molecular complexity index is 1620. The van der Waals surface area contributed by atoms with Crippen molar-refractivity contribution in [3.63, 3.8) is 0 Å². The number of ether oxygens (including phenoxy) is 2. The van der Waals surface area contributed by atoms with Gasteiger partial charge in [-0.2, -0.15) is 0 Å². The SMILES string of the molecule is COc1ccc(C(=O)N2C[C@@H]3C(=O)NCCN(C(=O)Cc4c[nH]c5ccccc45)CCCOc4cccc(c4)[C@H]3C2)cn1. The van der Waals surface area contributed by atoms with Crippen molar-refractivity contribution in [2.75, 3.05) is 46.4 Å². The summed E-state index contributed by atoms with van der Waals surface area (Å²) in [5, 5.41) is 4.10. The van der Waals surface area contributed by atoms with Crippen molar-refractivity contribution in [1.82, 2.24) is 25.1 Å². The molecule has 0 saturated carbocycles. The molecular formula is C33H35N5O5. The van der Waals surface area contributed by atoms with E-state index < -0.39 is 5.92 Å². The van der Waals surface area contributed by atoms with E-state index in [0.29, 0.717) is 56.4 Å². The molecule has 222 valence electrons.